The molecule has 7 N–H and O–H groups in total. The number of ether oxygens (including phenoxy) is 2. The van der Waals surface area contributed by atoms with E-state index in [4.69, 9.17) is 9.94 Å². The highest BCUT2D eigenvalue weighted by Crippen LogP contribution is 2.33. The lowest BCUT2D eigenvalue weighted by Crippen LogP contribution is -2.27. The summed E-state index contributed by atoms with van der Waals surface area (Å²) in [6.45, 7) is -0.0773. The van der Waals surface area contributed by atoms with E-state index in [0.29, 0.717) is 11.5 Å². The first-order valence-electron chi connectivity index (χ1n) is 13.7. The van der Waals surface area contributed by atoms with Crippen molar-refractivity contribution >= 4 is 82.3 Å². The number of aromatic nitrogens is 2. The molecule has 2 aromatic heterocycles. The second-order valence-corrected chi connectivity index (χ2v) is 17.2. The van der Waals surface area contributed by atoms with Gasteiger partial charge in [-0.15, -0.1) is 0 Å². The lowest BCUT2D eigenvalue weighted by atomic mass is 10.3. The molecule has 0 radical (unpaired) electrons. The summed E-state index contributed by atoms with van der Waals surface area (Å²) < 4.78 is 33.8. The Morgan fingerprint density at radius 3 is 1.57 bits per heavy atom. The van der Waals surface area contributed by atoms with Gasteiger partial charge in [-0.25, -0.2) is 30.3 Å². The maximum absolute atomic E-state index is 12.2. The van der Waals surface area contributed by atoms with Gasteiger partial charge in [0.15, 0.2) is 0 Å². The molecule has 47 heavy (non-hydrogen) atoms. The molecule has 0 amide bonds. The van der Waals surface area contributed by atoms with E-state index >= 15 is 0 Å². The number of hydrogen-bond donors (Lipinski definition) is 7. The minimum Gasteiger partial charge on any atom is -0.408 e. The molecule has 0 aliphatic carbocycles. The van der Waals surface area contributed by atoms with Gasteiger partial charge in [-0.2, -0.15) is 0 Å². The molecule has 0 spiro atoms. The number of nitrogens with one attached hydrogen (secondary N) is 4. The van der Waals surface area contributed by atoms with E-state index < -0.39 is 52.0 Å². The zero-order valence-electron chi connectivity index (χ0n) is 24.8. The molecular weight excluding hydrogens is 737 g/mol. The molecule has 2 atom stereocenters. The normalized spacial score (nSPS) is 14.1. The molecule has 260 valence electrons. The highest BCUT2D eigenvalue weighted by molar-refractivity contribution is 8.77. The van der Waals surface area contributed by atoms with Crippen LogP contribution in [0.2, 0.25) is 0 Å². The first-order valence-corrected chi connectivity index (χ1v) is 21.7. The molecule has 0 aromatic carbocycles. The Morgan fingerprint density at radius 2 is 1.13 bits per heavy atom. The maximum atomic E-state index is 12.2. The largest absolute Gasteiger partial charge is 0.408 e. The topological polar surface area (TPSA) is 251 Å². The van der Waals surface area contributed by atoms with Gasteiger partial charge in [-0.3, -0.25) is 23.5 Å². The van der Waals surface area contributed by atoms with E-state index in [1.165, 1.54) is 43.2 Å². The second-order valence-electron chi connectivity index (χ2n) is 8.74. The SMILES string of the molecule is O=C(CCNP(=O)(O)NCCSSc1ccccn1)OC(=O)CC/C(=N/O)OC(=O)CCNP(=O)(O)NCCSSc1ccccn1. The average Bonchev–Trinajstić information content (AvgIpc) is 3.03. The van der Waals surface area contributed by atoms with Crippen LogP contribution < -0.4 is 20.3 Å². The third-order valence-corrected chi connectivity index (χ3v) is 12.2. The first-order chi connectivity index (χ1) is 22.5. The molecule has 0 aliphatic rings. The van der Waals surface area contributed by atoms with Crippen molar-refractivity contribution in [2.24, 2.45) is 5.16 Å². The molecule has 2 heterocycles. The molecule has 2 unspecified atom stereocenters. The molecule has 0 aliphatic heterocycles. The van der Waals surface area contributed by atoms with Crippen LogP contribution >= 0.6 is 58.5 Å². The standard InChI is InChI=1S/C24H35N7O10P2S4/c32-22(41-24(34)10-14-28-43(38,39)30-16-18-45-47-21-6-2-4-12-26-21)8-7-19(31-35)40-23(33)9-13-27-42(36,37)29-15-17-44-46-20-5-1-3-11-25-20/h1-6,11-12,35H,7-10,13-18H2,(H3,27,29,36,37)(H3,28,30,38,39)/b31-19-. The maximum Gasteiger partial charge on any atom is 0.338 e. The van der Waals surface area contributed by atoms with Crippen molar-refractivity contribution in [3.05, 3.63) is 48.8 Å². The Morgan fingerprint density at radius 1 is 0.681 bits per heavy atom. The van der Waals surface area contributed by atoms with E-state index in [-0.39, 0.29) is 39.0 Å². The predicted octanol–water partition coefficient (Wildman–Crippen LogP) is 3.18. The number of carbonyl (C=O) groups excluding carboxylic acids is 3. The predicted molar refractivity (Wildman–Crippen MR) is 182 cm³/mol. The molecule has 2 rings (SSSR count). The average molecular weight is 772 g/mol. The van der Waals surface area contributed by atoms with Gasteiger partial charge in [0.1, 0.15) is 10.1 Å². The number of oxime groups is 1. The monoisotopic (exact) mass is 771 g/mol. The Bertz CT molecular complexity index is 1390. The summed E-state index contributed by atoms with van der Waals surface area (Å²) in [5.41, 5.74) is 0. The zero-order chi connectivity index (χ0) is 34.4. The fraction of sp³-hybridized carbons (Fsp3) is 0.417. The number of rotatable bonds is 23. The van der Waals surface area contributed by atoms with Crippen LogP contribution in [0.3, 0.4) is 0 Å². The van der Waals surface area contributed by atoms with Crippen molar-refractivity contribution in [2.45, 2.75) is 35.7 Å². The van der Waals surface area contributed by atoms with Crippen molar-refractivity contribution in [3.63, 3.8) is 0 Å². The minimum atomic E-state index is -3.94. The summed E-state index contributed by atoms with van der Waals surface area (Å²) in [5, 5.41) is 23.1. The summed E-state index contributed by atoms with van der Waals surface area (Å²) in [6.07, 6.45) is 1.71. The lowest BCUT2D eigenvalue weighted by Gasteiger charge is -2.14. The van der Waals surface area contributed by atoms with E-state index in [9.17, 15) is 33.3 Å². The van der Waals surface area contributed by atoms with Crippen LogP contribution in [0.25, 0.3) is 0 Å². The Kier molecular flexibility index (Phi) is 20.5. The summed E-state index contributed by atoms with van der Waals surface area (Å²) in [7, 11) is -2.14. The van der Waals surface area contributed by atoms with Gasteiger partial charge in [0.2, 0.25) is 5.90 Å². The second kappa shape index (κ2) is 23.4. The van der Waals surface area contributed by atoms with E-state index in [0.717, 1.165) is 10.1 Å². The van der Waals surface area contributed by atoms with Crippen LogP contribution in [0.15, 0.2) is 64.0 Å². The van der Waals surface area contributed by atoms with E-state index in [1.807, 2.05) is 24.3 Å². The number of esters is 3. The molecule has 17 nitrogen and oxygen atoms in total. The lowest BCUT2D eigenvalue weighted by molar-refractivity contribution is -0.159. The molecule has 0 saturated heterocycles. The van der Waals surface area contributed by atoms with Crippen LogP contribution in [0, 0.1) is 0 Å². The summed E-state index contributed by atoms with van der Waals surface area (Å²) in [6, 6.07) is 11.0. The Balaban J connectivity index is 1.52. The van der Waals surface area contributed by atoms with Gasteiger partial charge < -0.3 is 24.5 Å². The van der Waals surface area contributed by atoms with Gasteiger partial charge in [0.25, 0.3) is 0 Å². The molecule has 0 saturated carbocycles. The third-order valence-electron chi connectivity index (χ3n) is 5.01. The van der Waals surface area contributed by atoms with Gasteiger partial charge in [-0.1, -0.05) is 38.9 Å². The quantitative estimate of drug-likeness (QED) is 0.00986. The number of nitrogens with zero attached hydrogens (tertiary/aromatic N) is 3. The van der Waals surface area contributed by atoms with Gasteiger partial charge in [0.05, 0.1) is 19.3 Å². The number of carbonyl (C=O) groups is 3. The molecular formula is C24H35N7O10P2S4. The summed E-state index contributed by atoms with van der Waals surface area (Å²) in [5.74, 6) is -2.40. The molecule has 2 aromatic rings. The molecule has 0 bridgehead atoms. The minimum absolute atomic E-state index is 0.205. The highest BCUT2D eigenvalue weighted by Gasteiger charge is 2.20. The Labute approximate surface area is 286 Å². The van der Waals surface area contributed by atoms with Gasteiger partial charge >= 0.3 is 33.2 Å². The van der Waals surface area contributed by atoms with E-state index in [1.54, 1.807) is 24.5 Å². The van der Waals surface area contributed by atoms with Crippen molar-refractivity contribution in [3.8, 4) is 0 Å². The Hall–Kier alpha value is -2.00. The fourth-order valence-corrected chi connectivity index (χ4v) is 8.70. The van der Waals surface area contributed by atoms with Gasteiger partial charge in [-0.05, 0) is 45.9 Å². The van der Waals surface area contributed by atoms with Crippen LogP contribution in [0.5, 0.6) is 0 Å². The van der Waals surface area contributed by atoms with Crippen LogP contribution in [-0.4, -0.2) is 86.5 Å². The third kappa shape index (κ3) is 20.9. The zero-order valence-corrected chi connectivity index (χ0v) is 29.8. The van der Waals surface area contributed by atoms with Crippen LogP contribution in [-0.2, 0) is 33.0 Å². The van der Waals surface area contributed by atoms with Crippen LogP contribution in [0.4, 0.5) is 0 Å². The number of pyridine rings is 2. The fourth-order valence-electron chi connectivity index (χ4n) is 2.95. The molecule has 0 fully saturated rings. The first kappa shape index (κ1) is 41.2. The van der Waals surface area contributed by atoms with Crippen molar-refractivity contribution in [1.82, 2.24) is 30.3 Å². The number of hydrogen-bond acceptors (Lipinski definition) is 15. The molecule has 23 heteroatoms. The van der Waals surface area contributed by atoms with Crippen molar-refractivity contribution < 1.29 is 48.0 Å². The smallest absolute Gasteiger partial charge is 0.338 e. The highest BCUT2D eigenvalue weighted by atomic mass is 33.1. The summed E-state index contributed by atoms with van der Waals surface area (Å²) >= 11 is 0. The summed E-state index contributed by atoms with van der Waals surface area (Å²) in [4.78, 5) is 64.1. The van der Waals surface area contributed by atoms with Gasteiger partial charge in [0, 0.05) is 56.5 Å². The van der Waals surface area contributed by atoms with Crippen molar-refractivity contribution in [1.29, 1.82) is 0 Å². The van der Waals surface area contributed by atoms with E-state index in [2.05, 4.69) is 40.2 Å². The van der Waals surface area contributed by atoms with Crippen molar-refractivity contribution in [2.75, 3.05) is 37.7 Å². The van der Waals surface area contributed by atoms with Crippen LogP contribution in [0.1, 0.15) is 25.7 Å².